The lowest BCUT2D eigenvalue weighted by atomic mass is 10.0. The minimum absolute atomic E-state index is 0. The summed E-state index contributed by atoms with van der Waals surface area (Å²) < 4.78 is 31.6. The van der Waals surface area contributed by atoms with Gasteiger partial charge in [-0.2, -0.15) is 0 Å². The Morgan fingerprint density at radius 1 is 0.462 bits per heavy atom. The molecule has 0 spiro atoms. The highest BCUT2D eigenvalue weighted by molar-refractivity contribution is 6.13. The molecule has 0 saturated carbocycles. The summed E-state index contributed by atoms with van der Waals surface area (Å²) in [5.41, 5.74) is 8.38. The molecule has 78 heavy (non-hydrogen) atoms. The van der Waals surface area contributed by atoms with E-state index in [0.29, 0.717) is 12.8 Å². The van der Waals surface area contributed by atoms with Crippen molar-refractivity contribution < 1.29 is 37.7 Å². The smallest absolute Gasteiger partial charge is 0.339 e. The van der Waals surface area contributed by atoms with Crippen LogP contribution >= 0.6 is 0 Å². The lowest BCUT2D eigenvalue weighted by Crippen LogP contribution is -2.23. The highest BCUT2D eigenvalue weighted by Crippen LogP contribution is 2.40. The average Bonchev–Trinajstić information content (AvgIpc) is 4.43. The fourth-order valence-corrected chi connectivity index (χ4v) is 11.0. The van der Waals surface area contributed by atoms with Gasteiger partial charge in [0.1, 0.15) is 49.6 Å². The van der Waals surface area contributed by atoms with Crippen molar-refractivity contribution in [1.82, 2.24) is 27.4 Å². The van der Waals surface area contributed by atoms with Gasteiger partial charge in [0.25, 0.3) is 0 Å². The maximum absolute atomic E-state index is 14.8. The molecule has 0 amide bonds. The van der Waals surface area contributed by atoms with E-state index < -0.39 is 11.9 Å². The third kappa shape index (κ3) is 11.7. The zero-order valence-electron chi connectivity index (χ0n) is 44.6. The molecule has 0 bridgehead atoms. The van der Waals surface area contributed by atoms with E-state index in [-0.39, 0.29) is 31.8 Å². The fraction of sp³-hybridized carbons (Fsp3) is 0.312. The van der Waals surface area contributed by atoms with Gasteiger partial charge < -0.3 is 18.6 Å². The summed E-state index contributed by atoms with van der Waals surface area (Å²) in [5, 5.41) is 4.46. The van der Waals surface area contributed by atoms with Crippen LogP contribution in [-0.2, 0) is 69.6 Å². The number of aromatic amines is 1. The van der Waals surface area contributed by atoms with Gasteiger partial charge in [0.05, 0.1) is 105 Å². The first-order valence-electron chi connectivity index (χ1n) is 27.4. The highest BCUT2D eigenvalue weighted by atomic mass is 16.5. The van der Waals surface area contributed by atoms with Crippen LogP contribution in [0.15, 0.2) is 172 Å². The van der Waals surface area contributed by atoms with Gasteiger partial charge >= 0.3 is 11.9 Å². The van der Waals surface area contributed by atoms with Crippen molar-refractivity contribution in [2.75, 3.05) is 13.2 Å². The number of imidazole rings is 4. The Bertz CT molecular complexity index is 3830. The number of para-hydroxylation sites is 2. The molecule has 0 aliphatic rings. The van der Waals surface area contributed by atoms with E-state index in [1.807, 2.05) is 85.3 Å². The van der Waals surface area contributed by atoms with Crippen molar-refractivity contribution >= 4 is 55.6 Å². The van der Waals surface area contributed by atoms with E-state index >= 15 is 0 Å². The Morgan fingerprint density at radius 3 is 1.28 bits per heavy atom. The summed E-state index contributed by atoms with van der Waals surface area (Å²) in [6.07, 6.45) is 33.6. The Balaban J connectivity index is 0.00000688. The number of aryl methyl sites for hydroxylation is 9. The third-order valence-electron chi connectivity index (χ3n) is 14.9. The number of fused-ring (bicyclic) bond motifs is 6. The predicted molar refractivity (Wildman–Crippen MR) is 305 cm³/mol. The van der Waals surface area contributed by atoms with E-state index in [1.165, 1.54) is 11.1 Å². The topological polar surface area (TPSA) is 108 Å². The molecule has 0 aliphatic heterocycles. The number of esters is 2. The monoisotopic (exact) mass is 1050 g/mol. The van der Waals surface area contributed by atoms with Gasteiger partial charge in [-0.3, -0.25) is 4.98 Å². The molecular weight excluding hydrogens is 973 g/mol. The molecular formula is C64H74N10O4+4. The SMILES string of the molecule is C.C[n+]1ccn(CCCCOC(=O)c2cc(-n3c4ccccc4c4cc(CCCCn5cc[nH+]c5)ccc43)c(-n3c4ccccc4c4cc(CCCCn5cc[n+](C)c5)ccc43)cc2C(=O)OCCCCn2cc[n+](C)c2)c1. The van der Waals surface area contributed by atoms with Gasteiger partial charge in [0, 0.05) is 21.5 Å². The second kappa shape index (κ2) is 24.2. The van der Waals surface area contributed by atoms with Crippen molar-refractivity contribution in [1.29, 1.82) is 0 Å². The van der Waals surface area contributed by atoms with Crippen LogP contribution in [0.1, 0.15) is 90.6 Å². The normalized spacial score (nSPS) is 11.6. The predicted octanol–water partition coefficient (Wildman–Crippen LogP) is 10.3. The number of hydrogen-bond acceptors (Lipinski definition) is 4. The highest BCUT2D eigenvalue weighted by Gasteiger charge is 2.28. The van der Waals surface area contributed by atoms with Crippen LogP contribution in [-0.4, -0.2) is 52.6 Å². The second-order valence-electron chi connectivity index (χ2n) is 20.7. The van der Waals surface area contributed by atoms with E-state index in [1.54, 1.807) is 0 Å². The zero-order chi connectivity index (χ0) is 52.7. The molecule has 14 nitrogen and oxygen atoms in total. The van der Waals surface area contributed by atoms with E-state index in [2.05, 4.69) is 154 Å². The molecule has 1 N–H and O–H groups in total. The van der Waals surface area contributed by atoms with E-state index in [0.717, 1.165) is 133 Å². The molecule has 0 radical (unpaired) electrons. The summed E-state index contributed by atoms with van der Waals surface area (Å²) in [6.45, 7) is 3.94. The van der Waals surface area contributed by atoms with Crippen molar-refractivity contribution in [3.63, 3.8) is 0 Å². The van der Waals surface area contributed by atoms with Crippen LogP contribution in [0.25, 0.3) is 55.0 Å². The summed E-state index contributed by atoms with van der Waals surface area (Å²) in [4.78, 5) is 32.8. The third-order valence-corrected chi connectivity index (χ3v) is 14.9. The van der Waals surface area contributed by atoms with Crippen molar-refractivity contribution in [3.05, 3.63) is 194 Å². The second-order valence-corrected chi connectivity index (χ2v) is 20.7. The van der Waals surface area contributed by atoms with Gasteiger partial charge in [-0.05, 0) is 124 Å². The maximum Gasteiger partial charge on any atom is 0.339 e. The van der Waals surface area contributed by atoms with Crippen LogP contribution in [0.2, 0.25) is 0 Å². The average molecular weight is 1050 g/mol. The lowest BCUT2D eigenvalue weighted by molar-refractivity contribution is -0.671. The number of unbranched alkanes of at least 4 members (excludes halogenated alkanes) is 4. The Kier molecular flexibility index (Phi) is 16.4. The minimum atomic E-state index is -0.559. The van der Waals surface area contributed by atoms with Crippen LogP contribution in [0, 0.1) is 0 Å². The van der Waals surface area contributed by atoms with Gasteiger partial charge in [0.2, 0.25) is 25.3 Å². The maximum atomic E-state index is 14.8. The number of carbonyl (C=O) groups is 2. The Hall–Kier alpha value is -8.52. The van der Waals surface area contributed by atoms with Crippen LogP contribution < -0.4 is 18.7 Å². The quantitative estimate of drug-likeness (QED) is 0.0341. The number of nitrogens with one attached hydrogen (secondary N) is 1. The molecule has 0 unspecified atom stereocenters. The van der Waals surface area contributed by atoms with Crippen molar-refractivity contribution in [3.8, 4) is 11.4 Å². The van der Waals surface area contributed by atoms with Crippen molar-refractivity contribution in [2.45, 2.75) is 97.8 Å². The molecule has 0 saturated heterocycles. The molecule has 0 fully saturated rings. The van der Waals surface area contributed by atoms with Gasteiger partial charge in [-0.1, -0.05) is 56.0 Å². The number of rotatable bonds is 24. The number of aromatic nitrogens is 10. The lowest BCUT2D eigenvalue weighted by Gasteiger charge is -2.20. The number of H-pyrrole nitrogens is 1. The molecule has 5 aromatic carbocycles. The molecule has 0 atom stereocenters. The number of hydrogen-bond donors (Lipinski definition) is 0. The van der Waals surface area contributed by atoms with Crippen LogP contribution in [0.3, 0.4) is 0 Å². The fourth-order valence-electron chi connectivity index (χ4n) is 11.0. The first-order valence-corrected chi connectivity index (χ1v) is 27.4. The molecule has 11 aromatic rings. The van der Waals surface area contributed by atoms with Crippen molar-refractivity contribution in [2.24, 2.45) is 21.1 Å². The number of carbonyl (C=O) groups excluding carboxylic acids is 2. The van der Waals surface area contributed by atoms with Gasteiger partial charge in [0.15, 0.2) is 0 Å². The zero-order valence-corrected chi connectivity index (χ0v) is 44.6. The summed E-state index contributed by atoms with van der Waals surface area (Å²) in [6, 6.07) is 34.4. The molecule has 6 heterocycles. The van der Waals surface area contributed by atoms with Gasteiger partial charge in [-0.25, -0.2) is 41.6 Å². The van der Waals surface area contributed by atoms with Gasteiger partial charge in [-0.15, -0.1) is 0 Å². The standard InChI is InChI=1S/C63H69N10O4.CH4/c1-65-32-35-69(45-65)28-11-9-17-49-23-25-59-53(41-49)51-19-5-7-21-57(51)73(59)61-43-55(63(75)77-39-15-13-30-71-37-34-67(3)47-71)54(62(74)76-38-14-12-29-70-36-33-66(2)46-70)42-60(61)72-56-20-6-4-18-50(56)52-40-48(22-24-58(52)72)16-8-10-27-68-31-26-64-44-68;/h4-7,18-26,31-37,40-47H,8-17,27-30,38-39H2,1-3H3;1H4/q+3;/p+1. The summed E-state index contributed by atoms with van der Waals surface area (Å²) in [7, 11) is 6.06. The first-order chi connectivity index (χ1) is 37.7. The summed E-state index contributed by atoms with van der Waals surface area (Å²) >= 11 is 0. The number of nitrogens with zero attached hydrogens (tertiary/aromatic N) is 9. The van der Waals surface area contributed by atoms with E-state index in [9.17, 15) is 9.59 Å². The molecule has 11 rings (SSSR count). The van der Waals surface area contributed by atoms with Crippen LogP contribution in [0.5, 0.6) is 0 Å². The molecule has 0 aliphatic carbocycles. The Labute approximate surface area is 456 Å². The number of benzene rings is 5. The largest absolute Gasteiger partial charge is 0.462 e. The van der Waals surface area contributed by atoms with E-state index in [4.69, 9.17) is 9.47 Å². The Morgan fingerprint density at radius 2 is 0.872 bits per heavy atom. The first kappa shape index (κ1) is 52.9. The molecule has 400 valence electrons. The van der Waals surface area contributed by atoms with Crippen LogP contribution in [0.4, 0.5) is 0 Å². The number of ether oxygens (including phenoxy) is 2. The molecule has 6 aromatic heterocycles. The minimum Gasteiger partial charge on any atom is -0.462 e. The summed E-state index contributed by atoms with van der Waals surface area (Å²) in [5.74, 6) is -1.12. The molecule has 14 heteroatoms.